The summed E-state index contributed by atoms with van der Waals surface area (Å²) in [6.07, 6.45) is 2.84. The second kappa shape index (κ2) is 5.62. The molecule has 0 saturated heterocycles. The molecular formula is C12H12FN3O4S. The summed E-state index contributed by atoms with van der Waals surface area (Å²) in [5.74, 6) is -2.48. The zero-order valence-electron chi connectivity index (χ0n) is 10.9. The SMILES string of the molecule is Cc1cc(S(=O)(=O)NCc2cnc[nH]2)cc(C(=O)O)c1F. The van der Waals surface area contributed by atoms with E-state index >= 15 is 0 Å². The predicted molar refractivity (Wildman–Crippen MR) is 70.7 cm³/mol. The molecule has 1 aromatic carbocycles. The van der Waals surface area contributed by atoms with Crippen molar-refractivity contribution in [1.82, 2.24) is 14.7 Å². The van der Waals surface area contributed by atoms with Gasteiger partial charge in [-0.1, -0.05) is 0 Å². The topological polar surface area (TPSA) is 112 Å². The van der Waals surface area contributed by atoms with E-state index in [0.717, 1.165) is 12.1 Å². The highest BCUT2D eigenvalue weighted by Crippen LogP contribution is 2.19. The summed E-state index contributed by atoms with van der Waals surface area (Å²) in [7, 11) is -3.96. The van der Waals surface area contributed by atoms with Crippen molar-refractivity contribution in [2.75, 3.05) is 0 Å². The number of imidazole rings is 1. The van der Waals surface area contributed by atoms with Crippen LogP contribution >= 0.6 is 0 Å². The van der Waals surface area contributed by atoms with Crippen molar-refractivity contribution >= 4 is 16.0 Å². The van der Waals surface area contributed by atoms with Crippen molar-refractivity contribution in [2.24, 2.45) is 0 Å². The zero-order chi connectivity index (χ0) is 15.6. The Balaban J connectivity index is 2.33. The molecule has 0 fully saturated rings. The van der Waals surface area contributed by atoms with Gasteiger partial charge in [0.05, 0.1) is 23.3 Å². The van der Waals surface area contributed by atoms with Crippen LogP contribution in [0, 0.1) is 12.7 Å². The molecular weight excluding hydrogens is 301 g/mol. The number of benzene rings is 1. The number of carboxylic acids is 1. The number of carbonyl (C=O) groups is 1. The lowest BCUT2D eigenvalue weighted by Gasteiger charge is -2.09. The summed E-state index contributed by atoms with van der Waals surface area (Å²) in [4.78, 5) is 17.1. The van der Waals surface area contributed by atoms with Crippen molar-refractivity contribution in [3.8, 4) is 0 Å². The molecule has 0 unspecified atom stereocenters. The van der Waals surface area contributed by atoms with Crippen LogP contribution in [-0.2, 0) is 16.6 Å². The van der Waals surface area contributed by atoms with Crippen LogP contribution in [0.1, 0.15) is 21.6 Å². The number of nitrogens with zero attached hydrogens (tertiary/aromatic N) is 1. The molecule has 0 saturated carbocycles. The molecule has 0 aliphatic carbocycles. The fourth-order valence-corrected chi connectivity index (χ4v) is 2.80. The van der Waals surface area contributed by atoms with E-state index in [2.05, 4.69) is 14.7 Å². The summed E-state index contributed by atoms with van der Waals surface area (Å²) in [6, 6.07) is 1.87. The third-order valence-electron chi connectivity index (χ3n) is 2.78. The van der Waals surface area contributed by atoms with Gasteiger partial charge in [0.25, 0.3) is 0 Å². The highest BCUT2D eigenvalue weighted by atomic mass is 32.2. The van der Waals surface area contributed by atoms with Crippen molar-refractivity contribution in [2.45, 2.75) is 18.4 Å². The van der Waals surface area contributed by atoms with Gasteiger partial charge in [0.1, 0.15) is 5.82 Å². The standard InChI is InChI=1S/C12H12FN3O4S/c1-7-2-9(3-10(11(7)13)12(17)18)21(19,20)16-5-8-4-14-6-15-8/h2-4,6,16H,5H2,1H3,(H,14,15)(H,17,18). The molecule has 1 heterocycles. The monoisotopic (exact) mass is 313 g/mol. The largest absolute Gasteiger partial charge is 0.478 e. The van der Waals surface area contributed by atoms with E-state index in [4.69, 9.17) is 5.11 Å². The first-order valence-corrected chi connectivity index (χ1v) is 7.30. The van der Waals surface area contributed by atoms with Gasteiger partial charge >= 0.3 is 5.97 Å². The zero-order valence-corrected chi connectivity index (χ0v) is 11.7. The molecule has 0 aliphatic rings. The molecule has 3 N–H and O–H groups in total. The number of aromatic amines is 1. The minimum absolute atomic E-state index is 0.0405. The van der Waals surface area contributed by atoms with Crippen molar-refractivity contribution < 1.29 is 22.7 Å². The molecule has 9 heteroatoms. The van der Waals surface area contributed by atoms with Gasteiger partial charge in [0, 0.05) is 11.9 Å². The Morgan fingerprint density at radius 1 is 1.48 bits per heavy atom. The Morgan fingerprint density at radius 3 is 2.76 bits per heavy atom. The van der Waals surface area contributed by atoms with Crippen LogP contribution in [0.25, 0.3) is 0 Å². The Bertz CT molecular complexity index is 772. The third kappa shape index (κ3) is 3.26. The lowest BCUT2D eigenvalue weighted by molar-refractivity contribution is 0.0691. The Labute approximate surface area is 119 Å². The van der Waals surface area contributed by atoms with Gasteiger partial charge in [-0.25, -0.2) is 27.3 Å². The minimum atomic E-state index is -3.96. The molecule has 21 heavy (non-hydrogen) atoms. The third-order valence-corrected chi connectivity index (χ3v) is 4.16. The number of aromatic nitrogens is 2. The first-order valence-electron chi connectivity index (χ1n) is 5.81. The van der Waals surface area contributed by atoms with E-state index in [1.807, 2.05) is 0 Å². The van der Waals surface area contributed by atoms with Gasteiger partial charge in [-0.3, -0.25) is 0 Å². The highest BCUT2D eigenvalue weighted by Gasteiger charge is 2.21. The van der Waals surface area contributed by atoms with E-state index in [1.165, 1.54) is 19.4 Å². The highest BCUT2D eigenvalue weighted by molar-refractivity contribution is 7.89. The average molecular weight is 313 g/mol. The number of rotatable bonds is 5. The van der Waals surface area contributed by atoms with Crippen LogP contribution in [0.15, 0.2) is 29.6 Å². The number of aromatic carboxylic acids is 1. The second-order valence-corrected chi connectivity index (χ2v) is 6.08. The molecule has 0 radical (unpaired) electrons. The fourth-order valence-electron chi connectivity index (χ4n) is 1.68. The summed E-state index contributed by atoms with van der Waals surface area (Å²) >= 11 is 0. The number of carboxylic acid groups (broad SMARTS) is 1. The first-order chi connectivity index (χ1) is 9.81. The number of aryl methyl sites for hydroxylation is 1. The van der Waals surface area contributed by atoms with Gasteiger partial charge in [0.2, 0.25) is 10.0 Å². The Hall–Kier alpha value is -2.26. The summed E-state index contributed by atoms with van der Waals surface area (Å²) in [5, 5.41) is 8.89. The molecule has 0 aliphatic heterocycles. The number of hydrogen-bond donors (Lipinski definition) is 3. The summed E-state index contributed by atoms with van der Waals surface area (Å²) < 4.78 is 40.1. The van der Waals surface area contributed by atoms with Gasteiger partial charge in [-0.15, -0.1) is 0 Å². The molecule has 2 rings (SSSR count). The van der Waals surface area contributed by atoms with Crippen LogP contribution in [-0.4, -0.2) is 29.5 Å². The normalized spacial score (nSPS) is 11.5. The lowest BCUT2D eigenvalue weighted by Crippen LogP contribution is -2.24. The smallest absolute Gasteiger partial charge is 0.338 e. The van der Waals surface area contributed by atoms with Crippen molar-refractivity contribution in [1.29, 1.82) is 0 Å². The maximum absolute atomic E-state index is 13.6. The molecule has 7 nitrogen and oxygen atoms in total. The lowest BCUT2D eigenvalue weighted by atomic mass is 10.1. The van der Waals surface area contributed by atoms with Crippen molar-refractivity contribution in [3.05, 3.63) is 47.3 Å². The molecule has 0 bridgehead atoms. The molecule has 1 aromatic heterocycles. The van der Waals surface area contributed by atoms with E-state index in [-0.39, 0.29) is 17.0 Å². The molecule has 2 aromatic rings. The number of halogens is 1. The van der Waals surface area contributed by atoms with Crippen LogP contribution in [0.2, 0.25) is 0 Å². The van der Waals surface area contributed by atoms with Crippen molar-refractivity contribution in [3.63, 3.8) is 0 Å². The van der Waals surface area contributed by atoms with Crippen LogP contribution in [0.4, 0.5) is 4.39 Å². The van der Waals surface area contributed by atoms with Gasteiger partial charge < -0.3 is 10.1 Å². The van der Waals surface area contributed by atoms with E-state index in [9.17, 15) is 17.6 Å². The van der Waals surface area contributed by atoms with Gasteiger partial charge in [0.15, 0.2) is 0 Å². The number of sulfonamides is 1. The second-order valence-electron chi connectivity index (χ2n) is 4.31. The van der Waals surface area contributed by atoms with Crippen LogP contribution in [0.3, 0.4) is 0 Å². The quantitative estimate of drug-likeness (QED) is 0.763. The van der Waals surface area contributed by atoms with Crippen LogP contribution in [0.5, 0.6) is 0 Å². The number of hydrogen-bond acceptors (Lipinski definition) is 4. The summed E-state index contributed by atoms with van der Waals surface area (Å²) in [5.41, 5.74) is -0.204. The maximum Gasteiger partial charge on any atom is 0.338 e. The maximum atomic E-state index is 13.6. The minimum Gasteiger partial charge on any atom is -0.478 e. The first kappa shape index (κ1) is 15.1. The Kier molecular flexibility index (Phi) is 4.05. The fraction of sp³-hybridized carbons (Fsp3) is 0.167. The molecule has 0 atom stereocenters. The predicted octanol–water partition coefficient (Wildman–Crippen LogP) is 1.03. The Morgan fingerprint density at radius 2 is 2.19 bits per heavy atom. The van der Waals surface area contributed by atoms with E-state index in [0.29, 0.717) is 5.69 Å². The average Bonchev–Trinajstić information content (AvgIpc) is 2.92. The summed E-state index contributed by atoms with van der Waals surface area (Å²) in [6.45, 7) is 1.26. The van der Waals surface area contributed by atoms with Gasteiger partial charge in [-0.2, -0.15) is 0 Å². The number of nitrogens with one attached hydrogen (secondary N) is 2. The molecule has 0 spiro atoms. The molecule has 112 valence electrons. The van der Waals surface area contributed by atoms with E-state index in [1.54, 1.807) is 0 Å². The van der Waals surface area contributed by atoms with Gasteiger partial charge in [-0.05, 0) is 24.6 Å². The molecule has 0 amide bonds. The number of H-pyrrole nitrogens is 1. The van der Waals surface area contributed by atoms with Crippen LogP contribution < -0.4 is 4.72 Å². The van der Waals surface area contributed by atoms with E-state index < -0.39 is 27.4 Å².